The van der Waals surface area contributed by atoms with E-state index in [0.29, 0.717) is 18.6 Å². The minimum absolute atomic E-state index is 0.104. The van der Waals surface area contributed by atoms with E-state index < -0.39 is 0 Å². The van der Waals surface area contributed by atoms with E-state index in [1.54, 1.807) is 0 Å². The minimum Gasteiger partial charge on any atom is -0.354 e. The van der Waals surface area contributed by atoms with Crippen LogP contribution in [-0.2, 0) is 11.3 Å². The normalized spacial score (nSPS) is 25.9. The Hall–Kier alpha value is -2.14. The van der Waals surface area contributed by atoms with Gasteiger partial charge in [0.05, 0.1) is 18.2 Å². The average Bonchev–Trinajstić information content (AvgIpc) is 3.32. The van der Waals surface area contributed by atoms with Crippen LogP contribution in [0, 0.1) is 12.8 Å². The molecule has 0 bridgehead atoms. The molecular weight excluding hydrogens is 312 g/mol. The molecule has 2 fully saturated rings. The molecule has 1 amide bonds. The van der Waals surface area contributed by atoms with E-state index in [9.17, 15) is 4.79 Å². The molecule has 2 aliphatic rings. The van der Waals surface area contributed by atoms with Gasteiger partial charge >= 0.3 is 0 Å². The molecule has 25 heavy (non-hydrogen) atoms. The lowest BCUT2D eigenvalue weighted by Crippen LogP contribution is -2.38. The molecule has 1 N–H and O–H groups in total. The van der Waals surface area contributed by atoms with Crippen molar-refractivity contribution in [3.05, 3.63) is 53.9 Å². The number of rotatable bonds is 5. The molecule has 2 aliphatic heterocycles. The fraction of sp³-hybridized carbons (Fsp3) is 0.500. The van der Waals surface area contributed by atoms with Crippen molar-refractivity contribution in [2.45, 2.75) is 44.8 Å². The van der Waals surface area contributed by atoms with Gasteiger partial charge in [-0.05, 0) is 44.4 Å². The first-order valence-corrected chi connectivity index (χ1v) is 9.31. The first-order chi connectivity index (χ1) is 12.2. The first-order valence-electron chi connectivity index (χ1n) is 9.31. The summed E-state index contributed by atoms with van der Waals surface area (Å²) in [4.78, 5) is 15.3. The maximum atomic E-state index is 12.8. The van der Waals surface area contributed by atoms with Crippen LogP contribution in [0.5, 0.6) is 0 Å². The summed E-state index contributed by atoms with van der Waals surface area (Å²) in [5.74, 6) is 0.311. The second-order valence-corrected chi connectivity index (χ2v) is 7.23. The highest BCUT2D eigenvalue weighted by atomic mass is 16.2. The Morgan fingerprint density at radius 2 is 2.12 bits per heavy atom. The fourth-order valence-corrected chi connectivity index (χ4v) is 4.46. The van der Waals surface area contributed by atoms with Gasteiger partial charge in [0, 0.05) is 24.8 Å². The van der Waals surface area contributed by atoms with Crippen LogP contribution in [0.2, 0.25) is 0 Å². The standard InChI is InChI=1S/C20H26N4O/c1-15-9-12-23(22-15)13-10-21-20(25)17-14-19(16-6-3-2-4-7-16)24-11-5-8-18(17)24/h2-4,6-7,9,12,17-19H,5,8,10-11,13-14H2,1H3,(H,21,25)/t17-,18+,19-/m1/s1. The quantitative estimate of drug-likeness (QED) is 0.911. The Morgan fingerprint density at radius 3 is 2.88 bits per heavy atom. The van der Waals surface area contributed by atoms with E-state index in [-0.39, 0.29) is 11.8 Å². The van der Waals surface area contributed by atoms with Crippen molar-refractivity contribution < 1.29 is 4.79 Å². The van der Waals surface area contributed by atoms with E-state index in [1.807, 2.05) is 23.9 Å². The van der Waals surface area contributed by atoms with Gasteiger partial charge in [-0.3, -0.25) is 14.4 Å². The van der Waals surface area contributed by atoms with Gasteiger partial charge in [0.15, 0.2) is 0 Å². The Bertz CT molecular complexity index is 726. The van der Waals surface area contributed by atoms with Crippen LogP contribution in [0.1, 0.15) is 36.6 Å². The highest BCUT2D eigenvalue weighted by molar-refractivity contribution is 5.80. The van der Waals surface area contributed by atoms with E-state index >= 15 is 0 Å². The van der Waals surface area contributed by atoms with E-state index in [1.165, 1.54) is 12.0 Å². The number of hydrogen-bond acceptors (Lipinski definition) is 3. The van der Waals surface area contributed by atoms with Crippen LogP contribution in [0.3, 0.4) is 0 Å². The van der Waals surface area contributed by atoms with Crippen molar-refractivity contribution in [1.82, 2.24) is 20.0 Å². The van der Waals surface area contributed by atoms with Gasteiger partial charge in [-0.25, -0.2) is 0 Å². The zero-order valence-electron chi connectivity index (χ0n) is 14.8. The van der Waals surface area contributed by atoms with Crippen LogP contribution in [-0.4, -0.2) is 39.7 Å². The molecule has 3 atom stereocenters. The van der Waals surface area contributed by atoms with Gasteiger partial charge < -0.3 is 5.32 Å². The van der Waals surface area contributed by atoms with E-state index in [4.69, 9.17) is 0 Å². The Kier molecular flexibility index (Phi) is 4.57. The third-order valence-electron chi connectivity index (χ3n) is 5.62. The van der Waals surface area contributed by atoms with Crippen molar-refractivity contribution in [2.24, 2.45) is 5.92 Å². The maximum Gasteiger partial charge on any atom is 0.224 e. The van der Waals surface area contributed by atoms with Crippen LogP contribution in [0.4, 0.5) is 0 Å². The second-order valence-electron chi connectivity index (χ2n) is 7.23. The van der Waals surface area contributed by atoms with Gasteiger partial charge in [0.2, 0.25) is 5.91 Å². The van der Waals surface area contributed by atoms with E-state index in [0.717, 1.165) is 31.6 Å². The van der Waals surface area contributed by atoms with Gasteiger partial charge in [-0.15, -0.1) is 0 Å². The fourth-order valence-electron chi connectivity index (χ4n) is 4.46. The molecule has 1 aromatic carbocycles. The van der Waals surface area contributed by atoms with E-state index in [2.05, 4.69) is 45.6 Å². The number of nitrogens with one attached hydrogen (secondary N) is 1. The molecule has 2 aromatic rings. The van der Waals surface area contributed by atoms with Gasteiger partial charge in [0.25, 0.3) is 0 Å². The number of carbonyl (C=O) groups excluding carboxylic acids is 1. The number of aryl methyl sites for hydroxylation is 1. The van der Waals surface area contributed by atoms with Gasteiger partial charge in [-0.2, -0.15) is 5.10 Å². The molecule has 3 heterocycles. The minimum atomic E-state index is 0.104. The first kappa shape index (κ1) is 16.3. The molecule has 0 aliphatic carbocycles. The number of aromatic nitrogens is 2. The zero-order chi connectivity index (χ0) is 17.2. The third-order valence-corrected chi connectivity index (χ3v) is 5.62. The molecule has 4 rings (SSSR count). The summed E-state index contributed by atoms with van der Waals surface area (Å²) in [5, 5.41) is 7.51. The summed E-state index contributed by atoms with van der Waals surface area (Å²) in [6.45, 7) is 4.45. The average molecular weight is 338 g/mol. The Labute approximate surface area is 149 Å². The summed E-state index contributed by atoms with van der Waals surface area (Å²) >= 11 is 0. The van der Waals surface area contributed by atoms with Crippen LogP contribution in [0.25, 0.3) is 0 Å². The summed E-state index contributed by atoms with van der Waals surface area (Å²) in [6, 6.07) is 13.4. The van der Waals surface area contributed by atoms with Crippen molar-refractivity contribution in [1.29, 1.82) is 0 Å². The molecule has 0 radical (unpaired) electrons. The number of nitrogens with zero attached hydrogens (tertiary/aromatic N) is 3. The maximum absolute atomic E-state index is 12.8. The van der Waals surface area contributed by atoms with Gasteiger partial charge in [0.1, 0.15) is 0 Å². The zero-order valence-corrected chi connectivity index (χ0v) is 14.8. The number of amides is 1. The van der Waals surface area contributed by atoms with Gasteiger partial charge in [-0.1, -0.05) is 30.3 Å². The SMILES string of the molecule is Cc1ccn(CCNC(=O)[C@@H]2C[C@H](c3ccccc3)N3CCC[C@@H]23)n1. The molecule has 5 nitrogen and oxygen atoms in total. The summed E-state index contributed by atoms with van der Waals surface area (Å²) in [7, 11) is 0. The van der Waals surface area contributed by atoms with Crippen LogP contribution < -0.4 is 5.32 Å². The lowest BCUT2D eigenvalue weighted by molar-refractivity contribution is -0.125. The number of hydrogen-bond donors (Lipinski definition) is 1. The highest BCUT2D eigenvalue weighted by Crippen LogP contribution is 2.44. The van der Waals surface area contributed by atoms with Crippen molar-refractivity contribution in [3.8, 4) is 0 Å². The predicted octanol–water partition coefficient (Wildman–Crippen LogP) is 2.53. The third kappa shape index (κ3) is 3.33. The lowest BCUT2D eigenvalue weighted by atomic mass is 9.93. The van der Waals surface area contributed by atoms with Crippen molar-refractivity contribution in [3.63, 3.8) is 0 Å². The van der Waals surface area contributed by atoms with Crippen LogP contribution >= 0.6 is 0 Å². The molecule has 132 valence electrons. The largest absolute Gasteiger partial charge is 0.354 e. The van der Waals surface area contributed by atoms with Crippen molar-refractivity contribution >= 4 is 5.91 Å². The Balaban J connectivity index is 1.38. The second kappa shape index (κ2) is 7.00. The summed E-state index contributed by atoms with van der Waals surface area (Å²) < 4.78 is 1.89. The highest BCUT2D eigenvalue weighted by Gasteiger charge is 2.46. The number of carbonyl (C=O) groups is 1. The molecule has 1 aromatic heterocycles. The number of benzene rings is 1. The number of fused-ring (bicyclic) bond motifs is 1. The molecule has 2 saturated heterocycles. The molecule has 0 unspecified atom stereocenters. The summed E-state index contributed by atoms with van der Waals surface area (Å²) in [6.07, 6.45) is 5.23. The predicted molar refractivity (Wildman–Crippen MR) is 97.0 cm³/mol. The molecule has 0 saturated carbocycles. The Morgan fingerprint density at radius 1 is 1.28 bits per heavy atom. The van der Waals surface area contributed by atoms with Crippen LogP contribution in [0.15, 0.2) is 42.6 Å². The molecule has 5 heteroatoms. The monoisotopic (exact) mass is 338 g/mol. The molecule has 0 spiro atoms. The smallest absolute Gasteiger partial charge is 0.224 e. The molecular formula is C20H26N4O. The lowest BCUT2D eigenvalue weighted by Gasteiger charge is -2.24. The van der Waals surface area contributed by atoms with Crippen molar-refractivity contribution in [2.75, 3.05) is 13.1 Å². The summed E-state index contributed by atoms with van der Waals surface area (Å²) in [5.41, 5.74) is 2.35. The topological polar surface area (TPSA) is 50.2 Å².